The molecule has 25 heavy (non-hydrogen) atoms. The summed E-state index contributed by atoms with van der Waals surface area (Å²) < 4.78 is 13.0. The number of rotatable bonds is 6. The minimum absolute atomic E-state index is 0.115. The van der Waals surface area contributed by atoms with Crippen molar-refractivity contribution in [3.8, 4) is 0 Å². The summed E-state index contributed by atoms with van der Waals surface area (Å²) >= 11 is 0. The van der Waals surface area contributed by atoms with Crippen molar-refractivity contribution in [1.82, 2.24) is 10.3 Å². The predicted octanol–water partition coefficient (Wildman–Crippen LogP) is 2.21. The molecule has 1 aliphatic heterocycles. The summed E-state index contributed by atoms with van der Waals surface area (Å²) in [5.74, 6) is 0.319. The molecule has 0 unspecified atom stereocenters. The zero-order valence-electron chi connectivity index (χ0n) is 14.1. The first-order valence-electron chi connectivity index (χ1n) is 8.57. The van der Waals surface area contributed by atoms with Gasteiger partial charge in [-0.3, -0.25) is 4.79 Å². The minimum Gasteiger partial charge on any atom is -0.369 e. The third kappa shape index (κ3) is 4.54. The van der Waals surface area contributed by atoms with Gasteiger partial charge in [-0.25, -0.2) is 9.37 Å². The summed E-state index contributed by atoms with van der Waals surface area (Å²) in [6, 6.07) is 10.4. The van der Waals surface area contributed by atoms with Crippen LogP contribution in [0.5, 0.6) is 0 Å². The highest BCUT2D eigenvalue weighted by atomic mass is 19.1. The van der Waals surface area contributed by atoms with E-state index in [0.717, 1.165) is 36.3 Å². The Morgan fingerprint density at radius 2 is 2.08 bits per heavy atom. The van der Waals surface area contributed by atoms with E-state index in [1.54, 1.807) is 18.3 Å². The van der Waals surface area contributed by atoms with E-state index >= 15 is 0 Å². The van der Waals surface area contributed by atoms with Crippen molar-refractivity contribution >= 4 is 11.7 Å². The highest BCUT2D eigenvalue weighted by molar-refractivity contribution is 5.77. The molecule has 3 N–H and O–H groups in total. The fourth-order valence-electron chi connectivity index (χ4n) is 3.20. The standard InChI is InChI=1S/C19H23FN4O/c20-17-7-5-14(6-8-17)11-22-12-15-3-1-9-23-19(15)24-10-2-4-16(13-24)18(21)25/h1,3,5-9,16,22H,2,4,10-13H2,(H2,21,25)/t16-/m0/s1. The number of amides is 1. The van der Waals surface area contributed by atoms with Crippen molar-refractivity contribution in [2.75, 3.05) is 18.0 Å². The Balaban J connectivity index is 1.64. The van der Waals surface area contributed by atoms with E-state index in [9.17, 15) is 9.18 Å². The van der Waals surface area contributed by atoms with E-state index in [-0.39, 0.29) is 17.6 Å². The largest absolute Gasteiger partial charge is 0.369 e. The van der Waals surface area contributed by atoms with Crippen molar-refractivity contribution in [2.24, 2.45) is 11.7 Å². The Bertz CT molecular complexity index is 720. The molecule has 0 saturated carbocycles. The summed E-state index contributed by atoms with van der Waals surface area (Å²) in [5, 5.41) is 3.37. The Labute approximate surface area is 147 Å². The van der Waals surface area contributed by atoms with Gasteiger partial charge in [0.1, 0.15) is 11.6 Å². The summed E-state index contributed by atoms with van der Waals surface area (Å²) in [7, 11) is 0. The van der Waals surface area contributed by atoms with Crippen LogP contribution in [0.4, 0.5) is 10.2 Å². The van der Waals surface area contributed by atoms with Crippen LogP contribution in [0.25, 0.3) is 0 Å². The van der Waals surface area contributed by atoms with Crippen molar-refractivity contribution in [3.05, 3.63) is 59.5 Å². The first-order chi connectivity index (χ1) is 12.1. The zero-order valence-corrected chi connectivity index (χ0v) is 14.1. The summed E-state index contributed by atoms with van der Waals surface area (Å²) in [4.78, 5) is 18.2. The third-order valence-corrected chi connectivity index (χ3v) is 4.55. The van der Waals surface area contributed by atoms with Gasteiger partial charge in [0.15, 0.2) is 0 Å². The van der Waals surface area contributed by atoms with Gasteiger partial charge in [0, 0.05) is 37.9 Å². The van der Waals surface area contributed by atoms with Crippen molar-refractivity contribution in [2.45, 2.75) is 25.9 Å². The second-order valence-electron chi connectivity index (χ2n) is 6.40. The smallest absolute Gasteiger partial charge is 0.222 e. The molecule has 1 amide bonds. The average molecular weight is 342 g/mol. The fourth-order valence-corrected chi connectivity index (χ4v) is 3.20. The Morgan fingerprint density at radius 1 is 1.28 bits per heavy atom. The molecular weight excluding hydrogens is 319 g/mol. The molecule has 132 valence electrons. The SMILES string of the molecule is NC(=O)[C@H]1CCCN(c2ncccc2CNCc2ccc(F)cc2)C1. The Kier molecular flexibility index (Phi) is 5.60. The Hall–Kier alpha value is -2.47. The van der Waals surface area contributed by atoms with Gasteiger partial charge in [0.05, 0.1) is 5.92 Å². The van der Waals surface area contributed by atoms with Crippen molar-refractivity contribution in [1.29, 1.82) is 0 Å². The molecule has 1 fully saturated rings. The van der Waals surface area contributed by atoms with E-state index in [4.69, 9.17) is 5.73 Å². The van der Waals surface area contributed by atoms with Crippen LogP contribution < -0.4 is 16.0 Å². The quantitative estimate of drug-likeness (QED) is 0.844. The zero-order chi connectivity index (χ0) is 17.6. The minimum atomic E-state index is -0.239. The molecule has 3 rings (SSSR count). The first kappa shape index (κ1) is 17.4. The lowest BCUT2D eigenvalue weighted by Crippen LogP contribution is -2.42. The first-order valence-corrected chi connectivity index (χ1v) is 8.57. The van der Waals surface area contributed by atoms with Crippen molar-refractivity contribution < 1.29 is 9.18 Å². The molecule has 5 nitrogen and oxygen atoms in total. The number of piperidine rings is 1. The normalized spacial score (nSPS) is 17.5. The van der Waals surface area contributed by atoms with E-state index in [2.05, 4.69) is 15.2 Å². The summed E-state index contributed by atoms with van der Waals surface area (Å²) in [6.45, 7) is 2.81. The second kappa shape index (κ2) is 8.07. The van der Waals surface area contributed by atoms with Gasteiger partial charge in [-0.15, -0.1) is 0 Å². The molecule has 2 heterocycles. The highest BCUT2D eigenvalue weighted by Gasteiger charge is 2.25. The average Bonchev–Trinajstić information content (AvgIpc) is 2.64. The van der Waals surface area contributed by atoms with E-state index in [1.165, 1.54) is 12.1 Å². The molecule has 1 saturated heterocycles. The number of aromatic nitrogens is 1. The van der Waals surface area contributed by atoms with Gasteiger partial charge in [-0.1, -0.05) is 18.2 Å². The topological polar surface area (TPSA) is 71.2 Å². The number of hydrogen-bond donors (Lipinski definition) is 2. The Morgan fingerprint density at radius 3 is 2.84 bits per heavy atom. The summed E-state index contributed by atoms with van der Waals surface area (Å²) in [5.41, 5.74) is 7.58. The van der Waals surface area contributed by atoms with Crippen LogP contribution in [0.3, 0.4) is 0 Å². The van der Waals surface area contributed by atoms with Gasteiger partial charge in [0.25, 0.3) is 0 Å². The number of halogens is 1. The van der Waals surface area contributed by atoms with Crippen LogP contribution in [0, 0.1) is 11.7 Å². The fraction of sp³-hybridized carbons (Fsp3) is 0.368. The van der Waals surface area contributed by atoms with Crippen molar-refractivity contribution in [3.63, 3.8) is 0 Å². The molecule has 0 aliphatic carbocycles. The lowest BCUT2D eigenvalue weighted by Gasteiger charge is -2.33. The lowest BCUT2D eigenvalue weighted by atomic mass is 9.97. The molecule has 0 radical (unpaired) electrons. The molecule has 1 atom stereocenters. The molecule has 1 aromatic carbocycles. The predicted molar refractivity (Wildman–Crippen MR) is 95.3 cm³/mol. The molecule has 6 heteroatoms. The highest BCUT2D eigenvalue weighted by Crippen LogP contribution is 2.24. The number of nitrogens with one attached hydrogen (secondary N) is 1. The molecule has 1 aliphatic rings. The maximum absolute atomic E-state index is 13.0. The number of anilines is 1. The van der Waals surface area contributed by atoms with Gasteiger partial charge in [0.2, 0.25) is 5.91 Å². The molecule has 2 aromatic rings. The van der Waals surface area contributed by atoms with Crippen LogP contribution in [0.1, 0.15) is 24.0 Å². The van der Waals surface area contributed by atoms with Crippen LogP contribution in [-0.4, -0.2) is 24.0 Å². The number of hydrogen-bond acceptors (Lipinski definition) is 4. The maximum Gasteiger partial charge on any atom is 0.222 e. The number of nitrogens with zero attached hydrogens (tertiary/aromatic N) is 2. The molecule has 1 aromatic heterocycles. The van der Waals surface area contributed by atoms with Crippen LogP contribution in [-0.2, 0) is 17.9 Å². The molecular formula is C19H23FN4O. The summed E-state index contributed by atoms with van der Waals surface area (Å²) in [6.07, 6.45) is 3.55. The monoisotopic (exact) mass is 342 g/mol. The van der Waals surface area contributed by atoms with Crippen LogP contribution in [0.2, 0.25) is 0 Å². The van der Waals surface area contributed by atoms with Gasteiger partial charge < -0.3 is 16.0 Å². The second-order valence-corrected chi connectivity index (χ2v) is 6.40. The van der Waals surface area contributed by atoms with Gasteiger partial charge in [-0.05, 0) is 36.6 Å². The maximum atomic E-state index is 13.0. The van der Waals surface area contributed by atoms with Gasteiger partial charge in [-0.2, -0.15) is 0 Å². The number of pyridine rings is 1. The molecule has 0 bridgehead atoms. The number of carbonyl (C=O) groups excluding carboxylic acids is 1. The van der Waals surface area contributed by atoms with Gasteiger partial charge >= 0.3 is 0 Å². The number of primary amides is 1. The number of carbonyl (C=O) groups is 1. The van der Waals surface area contributed by atoms with E-state index < -0.39 is 0 Å². The van der Waals surface area contributed by atoms with Crippen LogP contribution >= 0.6 is 0 Å². The van der Waals surface area contributed by atoms with Crippen LogP contribution in [0.15, 0.2) is 42.6 Å². The molecule has 0 spiro atoms. The third-order valence-electron chi connectivity index (χ3n) is 4.55. The van der Waals surface area contributed by atoms with E-state index in [0.29, 0.717) is 19.6 Å². The lowest BCUT2D eigenvalue weighted by molar-refractivity contribution is -0.122. The number of nitrogens with two attached hydrogens (primary N) is 1. The van der Waals surface area contributed by atoms with E-state index in [1.807, 2.05) is 12.1 Å². The number of benzene rings is 1.